The van der Waals surface area contributed by atoms with E-state index >= 15 is 0 Å². The average molecular weight is 293 g/mol. The van der Waals surface area contributed by atoms with Gasteiger partial charge >= 0.3 is 0 Å². The van der Waals surface area contributed by atoms with Gasteiger partial charge in [-0.05, 0) is 12.1 Å². The first-order valence-corrected chi connectivity index (χ1v) is 5.98. The predicted molar refractivity (Wildman–Crippen MR) is 72.5 cm³/mol. The van der Waals surface area contributed by atoms with E-state index in [-0.39, 0.29) is 17.8 Å². The summed E-state index contributed by atoms with van der Waals surface area (Å²) in [4.78, 5) is 22.2. The van der Waals surface area contributed by atoms with Crippen LogP contribution in [0.15, 0.2) is 35.1 Å². The molecule has 21 heavy (non-hydrogen) atoms. The molecule has 7 nitrogen and oxygen atoms in total. The van der Waals surface area contributed by atoms with Gasteiger partial charge in [0.05, 0.1) is 29.2 Å². The minimum atomic E-state index is -0.796. The summed E-state index contributed by atoms with van der Waals surface area (Å²) in [6, 6.07) is 3.48. The molecule has 1 aromatic heterocycles. The molecule has 8 heteroatoms. The Kier molecular flexibility index (Phi) is 4.17. The first-order valence-electron chi connectivity index (χ1n) is 5.98. The largest absolute Gasteiger partial charge is 0.472 e. The molecule has 0 aliphatic heterocycles. The molecular formula is C13H12FN3O4. The van der Waals surface area contributed by atoms with Gasteiger partial charge in [0.25, 0.3) is 11.6 Å². The van der Waals surface area contributed by atoms with Crippen LogP contribution in [-0.2, 0) is 6.54 Å². The number of halogens is 1. The maximum atomic E-state index is 13.6. The summed E-state index contributed by atoms with van der Waals surface area (Å²) < 4.78 is 18.4. The van der Waals surface area contributed by atoms with Crippen molar-refractivity contribution in [3.05, 3.63) is 57.8 Å². The number of amides is 1. The van der Waals surface area contributed by atoms with Crippen LogP contribution in [0, 0.1) is 15.9 Å². The van der Waals surface area contributed by atoms with Crippen LogP contribution in [0.2, 0.25) is 0 Å². The summed E-state index contributed by atoms with van der Waals surface area (Å²) in [5, 5.41) is 16.0. The third-order valence-electron chi connectivity index (χ3n) is 2.83. The fourth-order valence-corrected chi connectivity index (χ4v) is 1.76. The van der Waals surface area contributed by atoms with E-state index in [9.17, 15) is 19.3 Å². The van der Waals surface area contributed by atoms with Crippen molar-refractivity contribution in [1.29, 1.82) is 0 Å². The van der Waals surface area contributed by atoms with Gasteiger partial charge in [-0.2, -0.15) is 0 Å². The molecule has 1 aromatic carbocycles. The molecule has 0 fully saturated rings. The van der Waals surface area contributed by atoms with E-state index in [2.05, 4.69) is 10.6 Å². The Hall–Kier alpha value is -2.90. The molecule has 0 aliphatic rings. The molecule has 0 spiro atoms. The van der Waals surface area contributed by atoms with Crippen LogP contribution < -0.4 is 10.6 Å². The van der Waals surface area contributed by atoms with Crippen molar-refractivity contribution >= 4 is 17.3 Å². The number of nitrogens with zero attached hydrogens (tertiary/aromatic N) is 1. The Balaban J connectivity index is 2.27. The number of rotatable bonds is 5. The predicted octanol–water partition coefficient (Wildman–Crippen LogP) is 2.30. The molecule has 0 saturated heterocycles. The van der Waals surface area contributed by atoms with Crippen molar-refractivity contribution in [2.24, 2.45) is 0 Å². The van der Waals surface area contributed by atoms with Gasteiger partial charge in [-0.3, -0.25) is 14.9 Å². The standard InChI is InChI=1S/C13H12FN3O4/c1-15-11-4-9(12(17(19)20)5-10(11)14)13(18)16-6-8-2-3-21-7-8/h2-5,7,15H,6H2,1H3,(H,16,18). The molecule has 0 aliphatic carbocycles. The number of hydrogen-bond acceptors (Lipinski definition) is 5. The SMILES string of the molecule is CNc1cc(C(=O)NCc2ccoc2)c([N+](=O)[O-])cc1F. The minimum Gasteiger partial charge on any atom is -0.472 e. The van der Waals surface area contributed by atoms with Crippen molar-refractivity contribution in [3.8, 4) is 0 Å². The van der Waals surface area contributed by atoms with Crippen LogP contribution in [0.4, 0.5) is 15.8 Å². The molecule has 1 heterocycles. The van der Waals surface area contributed by atoms with Crippen molar-refractivity contribution in [2.45, 2.75) is 6.54 Å². The first kappa shape index (κ1) is 14.5. The number of benzene rings is 1. The van der Waals surface area contributed by atoms with Crippen molar-refractivity contribution in [2.75, 3.05) is 12.4 Å². The quantitative estimate of drug-likeness (QED) is 0.651. The number of nitrogens with one attached hydrogen (secondary N) is 2. The van der Waals surface area contributed by atoms with Gasteiger partial charge < -0.3 is 15.1 Å². The molecule has 0 saturated carbocycles. The molecule has 0 atom stereocenters. The number of anilines is 1. The Labute approximate surface area is 118 Å². The number of nitro groups is 1. The number of nitro benzene ring substituents is 1. The van der Waals surface area contributed by atoms with Crippen LogP contribution in [0.5, 0.6) is 0 Å². The maximum absolute atomic E-state index is 13.6. The topological polar surface area (TPSA) is 97.4 Å². The van der Waals surface area contributed by atoms with E-state index in [1.165, 1.54) is 19.6 Å². The van der Waals surface area contributed by atoms with Gasteiger partial charge in [-0.1, -0.05) is 0 Å². The van der Waals surface area contributed by atoms with Crippen LogP contribution in [-0.4, -0.2) is 17.9 Å². The van der Waals surface area contributed by atoms with E-state index in [1.54, 1.807) is 6.07 Å². The second kappa shape index (κ2) is 6.04. The van der Waals surface area contributed by atoms with Gasteiger partial charge in [0.1, 0.15) is 5.56 Å². The molecule has 0 bridgehead atoms. The van der Waals surface area contributed by atoms with E-state index in [4.69, 9.17) is 4.42 Å². The minimum absolute atomic E-state index is 0.00839. The molecular weight excluding hydrogens is 281 g/mol. The van der Waals surface area contributed by atoms with E-state index in [0.29, 0.717) is 5.56 Å². The van der Waals surface area contributed by atoms with Crippen molar-refractivity contribution in [3.63, 3.8) is 0 Å². The monoisotopic (exact) mass is 293 g/mol. The normalized spacial score (nSPS) is 10.2. The fraction of sp³-hybridized carbons (Fsp3) is 0.154. The van der Waals surface area contributed by atoms with Gasteiger partial charge in [0.2, 0.25) is 0 Å². The Bertz CT molecular complexity index is 670. The zero-order valence-corrected chi connectivity index (χ0v) is 11.1. The van der Waals surface area contributed by atoms with Crippen LogP contribution in [0.3, 0.4) is 0 Å². The lowest BCUT2D eigenvalue weighted by atomic mass is 10.1. The van der Waals surface area contributed by atoms with E-state index in [1.807, 2.05) is 0 Å². The molecule has 2 aromatic rings. The van der Waals surface area contributed by atoms with Gasteiger partial charge in [-0.25, -0.2) is 4.39 Å². The summed E-state index contributed by atoms with van der Waals surface area (Å²) in [6.45, 7) is 0.152. The zero-order chi connectivity index (χ0) is 15.4. The summed E-state index contributed by atoms with van der Waals surface area (Å²) in [5.41, 5.74) is -0.0820. The number of hydrogen-bond donors (Lipinski definition) is 2. The van der Waals surface area contributed by atoms with Crippen molar-refractivity contribution in [1.82, 2.24) is 5.32 Å². The number of carbonyl (C=O) groups excluding carboxylic acids is 1. The summed E-state index contributed by atoms with van der Waals surface area (Å²) in [5.74, 6) is -1.46. The van der Waals surface area contributed by atoms with Crippen LogP contribution in [0.1, 0.15) is 15.9 Å². The summed E-state index contributed by atoms with van der Waals surface area (Å²) in [6.07, 6.45) is 2.89. The molecule has 110 valence electrons. The molecule has 1 amide bonds. The fourth-order valence-electron chi connectivity index (χ4n) is 1.76. The highest BCUT2D eigenvalue weighted by atomic mass is 19.1. The summed E-state index contributed by atoms with van der Waals surface area (Å²) >= 11 is 0. The number of carbonyl (C=O) groups is 1. The van der Waals surface area contributed by atoms with Gasteiger partial charge in [0, 0.05) is 19.2 Å². The smallest absolute Gasteiger partial charge is 0.285 e. The zero-order valence-electron chi connectivity index (χ0n) is 11.1. The average Bonchev–Trinajstić information content (AvgIpc) is 2.97. The third kappa shape index (κ3) is 3.16. The Morgan fingerprint density at radius 3 is 2.81 bits per heavy atom. The Morgan fingerprint density at radius 2 is 2.24 bits per heavy atom. The molecule has 0 radical (unpaired) electrons. The molecule has 2 rings (SSSR count). The van der Waals surface area contributed by atoms with Crippen LogP contribution >= 0.6 is 0 Å². The van der Waals surface area contributed by atoms with Crippen molar-refractivity contribution < 1.29 is 18.5 Å². The maximum Gasteiger partial charge on any atom is 0.285 e. The van der Waals surface area contributed by atoms with Crippen LogP contribution in [0.25, 0.3) is 0 Å². The summed E-state index contributed by atoms with van der Waals surface area (Å²) in [7, 11) is 1.46. The van der Waals surface area contributed by atoms with E-state index in [0.717, 1.165) is 12.1 Å². The second-order valence-corrected chi connectivity index (χ2v) is 4.17. The third-order valence-corrected chi connectivity index (χ3v) is 2.83. The molecule has 0 unspecified atom stereocenters. The second-order valence-electron chi connectivity index (χ2n) is 4.17. The molecule has 2 N–H and O–H groups in total. The Morgan fingerprint density at radius 1 is 1.48 bits per heavy atom. The lowest BCUT2D eigenvalue weighted by Crippen LogP contribution is -2.23. The van der Waals surface area contributed by atoms with E-state index < -0.39 is 22.3 Å². The lowest BCUT2D eigenvalue weighted by molar-refractivity contribution is -0.385. The lowest BCUT2D eigenvalue weighted by Gasteiger charge is -2.08. The highest BCUT2D eigenvalue weighted by Crippen LogP contribution is 2.26. The first-order chi connectivity index (χ1) is 10.0. The highest BCUT2D eigenvalue weighted by Gasteiger charge is 2.23. The highest BCUT2D eigenvalue weighted by molar-refractivity contribution is 5.99. The van der Waals surface area contributed by atoms with Gasteiger partial charge in [0.15, 0.2) is 5.82 Å². The number of furan rings is 1. The van der Waals surface area contributed by atoms with Gasteiger partial charge in [-0.15, -0.1) is 0 Å².